The molecule has 2 heterocycles. The fourth-order valence-electron chi connectivity index (χ4n) is 2.30. The molecule has 1 aromatic carbocycles. The van der Waals surface area contributed by atoms with Gasteiger partial charge in [-0.1, -0.05) is 12.1 Å². The highest BCUT2D eigenvalue weighted by molar-refractivity contribution is 5.79. The van der Waals surface area contributed by atoms with Gasteiger partial charge in [-0.2, -0.15) is 0 Å². The van der Waals surface area contributed by atoms with E-state index in [1.54, 1.807) is 12.4 Å². The van der Waals surface area contributed by atoms with Gasteiger partial charge in [-0.3, -0.25) is 9.97 Å². The maximum Gasteiger partial charge on any atom is 0.0702 e. The van der Waals surface area contributed by atoms with Crippen LogP contribution in [0.25, 0.3) is 10.9 Å². The van der Waals surface area contributed by atoms with Crippen molar-refractivity contribution >= 4 is 10.9 Å². The first kappa shape index (κ1) is 11.8. The van der Waals surface area contributed by atoms with Crippen molar-refractivity contribution in [2.45, 2.75) is 13.0 Å². The smallest absolute Gasteiger partial charge is 0.0702 e. The minimum absolute atomic E-state index is 0.132. The monoisotopic (exact) mass is 249 g/mol. The van der Waals surface area contributed by atoms with Crippen molar-refractivity contribution in [3.8, 4) is 0 Å². The third-order valence-corrected chi connectivity index (χ3v) is 3.38. The highest BCUT2D eigenvalue weighted by atomic mass is 14.7. The van der Waals surface area contributed by atoms with Gasteiger partial charge in [0, 0.05) is 24.0 Å². The van der Waals surface area contributed by atoms with Gasteiger partial charge in [0.05, 0.1) is 11.6 Å². The van der Waals surface area contributed by atoms with Gasteiger partial charge in [0.1, 0.15) is 0 Å². The Labute approximate surface area is 112 Å². The zero-order chi connectivity index (χ0) is 13.2. The van der Waals surface area contributed by atoms with Gasteiger partial charge in [-0.25, -0.2) is 0 Å². The molecule has 3 rings (SSSR count). The van der Waals surface area contributed by atoms with E-state index >= 15 is 0 Å². The maximum atomic E-state index is 6.36. The van der Waals surface area contributed by atoms with Crippen LogP contribution in [0.2, 0.25) is 0 Å². The van der Waals surface area contributed by atoms with Crippen molar-refractivity contribution in [2.24, 2.45) is 5.73 Å². The maximum absolute atomic E-state index is 6.36. The number of hydrogen-bond donors (Lipinski definition) is 1. The van der Waals surface area contributed by atoms with Crippen LogP contribution in [-0.4, -0.2) is 9.97 Å². The predicted molar refractivity (Wildman–Crippen MR) is 76.7 cm³/mol. The van der Waals surface area contributed by atoms with Crippen molar-refractivity contribution in [3.63, 3.8) is 0 Å². The molecule has 3 heteroatoms. The van der Waals surface area contributed by atoms with Crippen molar-refractivity contribution in [2.75, 3.05) is 0 Å². The number of fused-ring (bicyclic) bond motifs is 1. The Balaban J connectivity index is 2.07. The van der Waals surface area contributed by atoms with Crippen LogP contribution >= 0.6 is 0 Å². The van der Waals surface area contributed by atoms with Gasteiger partial charge < -0.3 is 5.73 Å². The van der Waals surface area contributed by atoms with Crippen molar-refractivity contribution < 1.29 is 0 Å². The number of nitrogens with two attached hydrogens (primary N) is 1. The average molecular weight is 249 g/mol. The number of pyridine rings is 2. The molecule has 0 aliphatic rings. The number of aromatic nitrogens is 2. The normalized spacial score (nSPS) is 12.5. The summed E-state index contributed by atoms with van der Waals surface area (Å²) in [6.45, 7) is 2.03. The standard InChI is InChI=1S/C16H15N3/c1-11-10-18-8-6-14(11)16(17)13-4-5-15-12(9-13)3-2-7-19-15/h2-10,16H,17H2,1H3. The molecule has 0 radical (unpaired) electrons. The molecule has 0 saturated heterocycles. The molecule has 2 aromatic heterocycles. The molecule has 19 heavy (non-hydrogen) atoms. The molecule has 94 valence electrons. The van der Waals surface area contributed by atoms with E-state index in [1.165, 1.54) is 0 Å². The fourth-order valence-corrected chi connectivity index (χ4v) is 2.30. The largest absolute Gasteiger partial charge is 0.320 e. The molecule has 3 aromatic rings. The lowest BCUT2D eigenvalue weighted by Crippen LogP contribution is -2.13. The molecule has 2 N–H and O–H groups in total. The third-order valence-electron chi connectivity index (χ3n) is 3.38. The molecular formula is C16H15N3. The van der Waals surface area contributed by atoms with Crippen molar-refractivity contribution in [1.29, 1.82) is 0 Å². The Hall–Kier alpha value is -2.26. The third kappa shape index (κ3) is 2.20. The summed E-state index contributed by atoms with van der Waals surface area (Å²) in [7, 11) is 0. The summed E-state index contributed by atoms with van der Waals surface area (Å²) in [5.74, 6) is 0. The lowest BCUT2D eigenvalue weighted by molar-refractivity contribution is 0.858. The second kappa shape index (κ2) is 4.78. The first-order valence-electron chi connectivity index (χ1n) is 6.26. The average Bonchev–Trinajstić information content (AvgIpc) is 2.46. The molecule has 0 fully saturated rings. The minimum Gasteiger partial charge on any atom is -0.320 e. The topological polar surface area (TPSA) is 51.8 Å². The summed E-state index contributed by atoms with van der Waals surface area (Å²) < 4.78 is 0. The summed E-state index contributed by atoms with van der Waals surface area (Å²) in [6.07, 6.45) is 5.43. The summed E-state index contributed by atoms with van der Waals surface area (Å²) >= 11 is 0. The van der Waals surface area contributed by atoms with Crippen LogP contribution in [0.1, 0.15) is 22.7 Å². The van der Waals surface area contributed by atoms with Gasteiger partial charge in [0.15, 0.2) is 0 Å². The first-order chi connectivity index (χ1) is 9.25. The van der Waals surface area contributed by atoms with Crippen LogP contribution in [0.3, 0.4) is 0 Å². The van der Waals surface area contributed by atoms with Crippen LogP contribution in [0.15, 0.2) is 55.0 Å². The molecule has 0 aliphatic carbocycles. The van der Waals surface area contributed by atoms with Gasteiger partial charge in [-0.05, 0) is 47.9 Å². The Kier molecular flexibility index (Phi) is 2.97. The van der Waals surface area contributed by atoms with E-state index in [9.17, 15) is 0 Å². The minimum atomic E-state index is -0.132. The zero-order valence-corrected chi connectivity index (χ0v) is 10.7. The lowest BCUT2D eigenvalue weighted by Gasteiger charge is -2.15. The first-order valence-corrected chi connectivity index (χ1v) is 6.26. The van der Waals surface area contributed by atoms with Crippen LogP contribution < -0.4 is 5.73 Å². The van der Waals surface area contributed by atoms with Gasteiger partial charge in [-0.15, -0.1) is 0 Å². The summed E-state index contributed by atoms with van der Waals surface area (Å²) in [6, 6.07) is 12.0. The Bertz CT molecular complexity index is 722. The second-order valence-electron chi connectivity index (χ2n) is 4.67. The molecule has 1 atom stereocenters. The molecule has 3 nitrogen and oxygen atoms in total. The molecule has 0 spiro atoms. The SMILES string of the molecule is Cc1cnccc1C(N)c1ccc2ncccc2c1. The van der Waals surface area contributed by atoms with E-state index < -0.39 is 0 Å². The van der Waals surface area contributed by atoms with E-state index in [4.69, 9.17) is 5.73 Å². The van der Waals surface area contributed by atoms with Gasteiger partial charge >= 0.3 is 0 Å². The van der Waals surface area contributed by atoms with Crippen molar-refractivity contribution in [1.82, 2.24) is 9.97 Å². The summed E-state index contributed by atoms with van der Waals surface area (Å²) in [5, 5.41) is 1.11. The summed E-state index contributed by atoms with van der Waals surface area (Å²) in [5.41, 5.74) is 10.7. The Morgan fingerprint density at radius 3 is 2.84 bits per heavy atom. The van der Waals surface area contributed by atoms with Gasteiger partial charge in [0.25, 0.3) is 0 Å². The lowest BCUT2D eigenvalue weighted by atomic mass is 9.96. The molecule has 0 saturated carbocycles. The van der Waals surface area contributed by atoms with E-state index in [0.717, 1.165) is 27.6 Å². The number of benzene rings is 1. The van der Waals surface area contributed by atoms with Crippen LogP contribution in [0.4, 0.5) is 0 Å². The van der Waals surface area contributed by atoms with Crippen LogP contribution in [0.5, 0.6) is 0 Å². The molecule has 0 amide bonds. The number of aryl methyl sites for hydroxylation is 1. The van der Waals surface area contributed by atoms with Crippen LogP contribution in [-0.2, 0) is 0 Å². The number of nitrogens with zero attached hydrogens (tertiary/aromatic N) is 2. The highest BCUT2D eigenvalue weighted by Gasteiger charge is 2.11. The molecule has 0 bridgehead atoms. The Morgan fingerprint density at radius 2 is 2.00 bits per heavy atom. The summed E-state index contributed by atoms with van der Waals surface area (Å²) in [4.78, 5) is 8.43. The van der Waals surface area contributed by atoms with E-state index in [1.807, 2.05) is 37.4 Å². The van der Waals surface area contributed by atoms with Crippen LogP contribution in [0, 0.1) is 6.92 Å². The zero-order valence-electron chi connectivity index (χ0n) is 10.7. The number of hydrogen-bond acceptors (Lipinski definition) is 3. The second-order valence-corrected chi connectivity index (χ2v) is 4.67. The quantitative estimate of drug-likeness (QED) is 0.759. The molecule has 0 aliphatic heterocycles. The van der Waals surface area contributed by atoms with E-state index in [2.05, 4.69) is 22.1 Å². The van der Waals surface area contributed by atoms with E-state index in [-0.39, 0.29) is 6.04 Å². The number of rotatable bonds is 2. The highest BCUT2D eigenvalue weighted by Crippen LogP contribution is 2.24. The fraction of sp³-hybridized carbons (Fsp3) is 0.125. The predicted octanol–water partition coefficient (Wildman–Crippen LogP) is 2.99. The van der Waals surface area contributed by atoms with Crippen molar-refractivity contribution in [3.05, 3.63) is 71.7 Å². The molecule has 1 unspecified atom stereocenters. The van der Waals surface area contributed by atoms with Gasteiger partial charge in [0.2, 0.25) is 0 Å². The molecular weight excluding hydrogens is 234 g/mol. The Morgan fingerprint density at radius 1 is 1.11 bits per heavy atom. The van der Waals surface area contributed by atoms with E-state index in [0.29, 0.717) is 0 Å².